The normalized spacial score (nSPS) is 11.8. The van der Waals surface area contributed by atoms with Crippen LogP contribution in [0.15, 0.2) is 41.9 Å². The Hall–Kier alpha value is -1.84. The molecule has 0 aliphatic carbocycles. The van der Waals surface area contributed by atoms with Gasteiger partial charge in [0, 0.05) is 20.6 Å². The Labute approximate surface area is 171 Å². The van der Waals surface area contributed by atoms with Crippen molar-refractivity contribution in [3.63, 3.8) is 0 Å². The van der Waals surface area contributed by atoms with Crippen molar-refractivity contribution in [1.29, 1.82) is 0 Å². The van der Waals surface area contributed by atoms with Gasteiger partial charge in [-0.15, -0.1) is 30.6 Å². The van der Waals surface area contributed by atoms with Crippen molar-refractivity contribution < 1.29 is 13.9 Å². The predicted molar refractivity (Wildman–Crippen MR) is 114 cm³/mol. The summed E-state index contributed by atoms with van der Waals surface area (Å²) < 4.78 is 19.4. The third-order valence-electron chi connectivity index (χ3n) is 3.37. The van der Waals surface area contributed by atoms with E-state index in [4.69, 9.17) is 4.74 Å². The van der Waals surface area contributed by atoms with E-state index in [1.54, 1.807) is 38.4 Å². The molecule has 1 atom stereocenters. The number of hydrogen-bond donors (Lipinski definition) is 2. The van der Waals surface area contributed by atoms with Crippen LogP contribution < -0.4 is 15.4 Å². The van der Waals surface area contributed by atoms with Crippen LogP contribution >= 0.6 is 24.0 Å². The van der Waals surface area contributed by atoms with Crippen LogP contribution in [0.5, 0.6) is 5.75 Å². The zero-order valence-electron chi connectivity index (χ0n) is 15.5. The molecule has 6 nitrogen and oxygen atoms in total. The highest BCUT2D eigenvalue weighted by molar-refractivity contribution is 14.0. The summed E-state index contributed by atoms with van der Waals surface area (Å²) in [5.74, 6) is 0.202. The summed E-state index contributed by atoms with van der Waals surface area (Å²) in [6.07, 6.45) is 2.14. The van der Waals surface area contributed by atoms with Crippen molar-refractivity contribution in [3.8, 4) is 5.75 Å². The van der Waals surface area contributed by atoms with Gasteiger partial charge in [0.1, 0.15) is 12.6 Å². The molecule has 0 aromatic heterocycles. The first-order valence-electron chi connectivity index (χ1n) is 8.22. The molecule has 1 amide bonds. The first-order valence-corrected chi connectivity index (χ1v) is 8.22. The molecule has 0 heterocycles. The minimum absolute atomic E-state index is 0. The molecular formula is C18H28FIN4O2. The monoisotopic (exact) mass is 478 g/mol. The molecule has 0 radical (unpaired) electrons. The zero-order valence-corrected chi connectivity index (χ0v) is 17.8. The maximum absolute atomic E-state index is 13.7. The van der Waals surface area contributed by atoms with Gasteiger partial charge in [0.2, 0.25) is 5.91 Å². The summed E-state index contributed by atoms with van der Waals surface area (Å²) in [6, 6.07) is 6.30. The SMILES string of the molecule is C=CCNC(=NCC(=O)N(C)C)NCC(CC)Oc1ccccc1F.I. The van der Waals surface area contributed by atoms with Crippen molar-refractivity contribution in [2.75, 3.05) is 33.7 Å². The number of halogens is 2. The number of nitrogens with zero attached hydrogens (tertiary/aromatic N) is 2. The lowest BCUT2D eigenvalue weighted by Crippen LogP contribution is -2.43. The number of carbonyl (C=O) groups excluding carboxylic acids is 1. The molecule has 8 heteroatoms. The second-order valence-corrected chi connectivity index (χ2v) is 5.58. The van der Waals surface area contributed by atoms with Crippen LogP contribution in [0.4, 0.5) is 4.39 Å². The summed E-state index contributed by atoms with van der Waals surface area (Å²) in [7, 11) is 3.36. The van der Waals surface area contributed by atoms with Crippen LogP contribution in [-0.4, -0.2) is 56.6 Å². The molecule has 2 N–H and O–H groups in total. The minimum atomic E-state index is -0.392. The Morgan fingerprint density at radius 3 is 2.65 bits per heavy atom. The number of carbonyl (C=O) groups is 1. The molecule has 1 unspecified atom stereocenters. The predicted octanol–water partition coefficient (Wildman–Crippen LogP) is 2.41. The van der Waals surface area contributed by atoms with Crippen LogP contribution in [0.3, 0.4) is 0 Å². The van der Waals surface area contributed by atoms with Gasteiger partial charge in [-0.3, -0.25) is 4.79 Å². The van der Waals surface area contributed by atoms with Gasteiger partial charge in [-0.1, -0.05) is 25.1 Å². The third kappa shape index (κ3) is 9.02. The Balaban J connectivity index is 0.00000625. The summed E-state index contributed by atoms with van der Waals surface area (Å²) in [5.41, 5.74) is 0. The maximum atomic E-state index is 13.7. The number of guanidine groups is 1. The molecule has 0 spiro atoms. The fourth-order valence-corrected chi connectivity index (χ4v) is 1.83. The van der Waals surface area contributed by atoms with E-state index in [9.17, 15) is 9.18 Å². The molecular weight excluding hydrogens is 450 g/mol. The lowest BCUT2D eigenvalue weighted by Gasteiger charge is -2.20. The summed E-state index contributed by atoms with van der Waals surface area (Å²) in [6.45, 7) is 6.56. The fraction of sp³-hybridized carbons (Fsp3) is 0.444. The van der Waals surface area contributed by atoms with Crippen molar-refractivity contribution >= 4 is 35.8 Å². The number of aliphatic imine (C=N–C) groups is 1. The zero-order chi connectivity index (χ0) is 18.7. The topological polar surface area (TPSA) is 66.0 Å². The average Bonchev–Trinajstić information content (AvgIpc) is 2.60. The smallest absolute Gasteiger partial charge is 0.243 e. The van der Waals surface area contributed by atoms with E-state index in [0.717, 1.165) is 0 Å². The van der Waals surface area contributed by atoms with E-state index in [-0.39, 0.29) is 48.3 Å². The van der Waals surface area contributed by atoms with Crippen LogP contribution in [0.25, 0.3) is 0 Å². The second kappa shape index (κ2) is 13.4. The summed E-state index contributed by atoms with van der Waals surface area (Å²) in [4.78, 5) is 17.4. The van der Waals surface area contributed by atoms with E-state index in [1.165, 1.54) is 11.0 Å². The third-order valence-corrected chi connectivity index (χ3v) is 3.37. The molecule has 0 bridgehead atoms. The van der Waals surface area contributed by atoms with Gasteiger partial charge < -0.3 is 20.3 Å². The highest BCUT2D eigenvalue weighted by Crippen LogP contribution is 2.17. The van der Waals surface area contributed by atoms with Gasteiger partial charge in [0.15, 0.2) is 17.5 Å². The number of ether oxygens (including phenoxy) is 1. The summed E-state index contributed by atoms with van der Waals surface area (Å²) in [5, 5.41) is 6.15. The van der Waals surface area contributed by atoms with Gasteiger partial charge >= 0.3 is 0 Å². The molecule has 0 saturated carbocycles. The number of amides is 1. The van der Waals surface area contributed by atoms with Crippen molar-refractivity contribution in [1.82, 2.24) is 15.5 Å². The Morgan fingerprint density at radius 1 is 1.38 bits per heavy atom. The van der Waals surface area contributed by atoms with Crippen LogP contribution in [0, 0.1) is 5.82 Å². The van der Waals surface area contributed by atoms with E-state index in [1.807, 2.05) is 6.92 Å². The molecule has 0 saturated heterocycles. The molecule has 0 aliphatic heterocycles. The maximum Gasteiger partial charge on any atom is 0.243 e. The van der Waals surface area contributed by atoms with Gasteiger partial charge in [0.05, 0.1) is 6.54 Å². The Morgan fingerprint density at radius 2 is 2.08 bits per heavy atom. The summed E-state index contributed by atoms with van der Waals surface area (Å²) >= 11 is 0. The lowest BCUT2D eigenvalue weighted by molar-refractivity contribution is -0.127. The quantitative estimate of drug-likeness (QED) is 0.248. The van der Waals surface area contributed by atoms with E-state index < -0.39 is 5.82 Å². The van der Waals surface area contributed by atoms with Crippen molar-refractivity contribution in [3.05, 3.63) is 42.7 Å². The molecule has 26 heavy (non-hydrogen) atoms. The highest BCUT2D eigenvalue weighted by atomic mass is 127. The number of hydrogen-bond acceptors (Lipinski definition) is 3. The van der Waals surface area contributed by atoms with E-state index in [0.29, 0.717) is 25.5 Å². The number of benzene rings is 1. The Bertz CT molecular complexity index is 596. The van der Waals surface area contributed by atoms with E-state index >= 15 is 0 Å². The first kappa shape index (κ1) is 24.2. The van der Waals surface area contributed by atoms with Crippen LogP contribution in [-0.2, 0) is 4.79 Å². The number of para-hydroxylation sites is 1. The standard InChI is InChI=1S/C18H27FN4O2.HI/c1-5-11-20-18(22-13-17(24)23(3)4)21-12-14(6-2)25-16-10-8-7-9-15(16)19;/h5,7-10,14H,1,6,11-13H2,2-4H3,(H2,20,21,22);1H. The fourth-order valence-electron chi connectivity index (χ4n) is 1.83. The van der Waals surface area contributed by atoms with Gasteiger partial charge in [-0.2, -0.15) is 0 Å². The largest absolute Gasteiger partial charge is 0.486 e. The molecule has 1 aromatic carbocycles. The van der Waals surface area contributed by atoms with Crippen molar-refractivity contribution in [2.24, 2.45) is 4.99 Å². The first-order chi connectivity index (χ1) is 12.0. The molecule has 1 rings (SSSR count). The minimum Gasteiger partial charge on any atom is -0.486 e. The van der Waals surface area contributed by atoms with Crippen molar-refractivity contribution in [2.45, 2.75) is 19.4 Å². The number of likely N-dealkylation sites (N-methyl/N-ethyl adjacent to an activating group) is 1. The van der Waals surface area contributed by atoms with E-state index in [2.05, 4.69) is 22.2 Å². The van der Waals surface area contributed by atoms with Gasteiger partial charge in [-0.05, 0) is 18.6 Å². The highest BCUT2D eigenvalue weighted by Gasteiger charge is 2.12. The number of nitrogens with one attached hydrogen (secondary N) is 2. The Kier molecular flexibility index (Phi) is 12.4. The molecule has 0 aliphatic rings. The molecule has 1 aromatic rings. The molecule has 146 valence electrons. The number of rotatable bonds is 9. The second-order valence-electron chi connectivity index (χ2n) is 5.58. The van der Waals surface area contributed by atoms with Gasteiger partial charge in [-0.25, -0.2) is 9.38 Å². The van der Waals surface area contributed by atoms with Gasteiger partial charge in [0.25, 0.3) is 0 Å². The average molecular weight is 478 g/mol. The van der Waals surface area contributed by atoms with Crippen LogP contribution in [0.2, 0.25) is 0 Å². The van der Waals surface area contributed by atoms with Crippen LogP contribution in [0.1, 0.15) is 13.3 Å². The lowest BCUT2D eigenvalue weighted by atomic mass is 10.2. The molecule has 0 fully saturated rings.